The number of hydrogen-bond donors (Lipinski definition) is 2. The lowest BCUT2D eigenvalue weighted by Crippen LogP contribution is -2.33. The minimum absolute atomic E-state index is 0.0672. The molecule has 6 nitrogen and oxygen atoms in total. The summed E-state index contributed by atoms with van der Waals surface area (Å²) in [6.07, 6.45) is 1.99. The van der Waals surface area contributed by atoms with Gasteiger partial charge in [-0.15, -0.1) is 0 Å². The molecule has 0 radical (unpaired) electrons. The Morgan fingerprint density at radius 3 is 2.55 bits per heavy atom. The average molecular weight is 272 g/mol. The van der Waals surface area contributed by atoms with Crippen LogP contribution in [0, 0.1) is 0 Å². The van der Waals surface area contributed by atoms with Crippen molar-refractivity contribution in [1.82, 2.24) is 15.1 Å². The topological polar surface area (TPSA) is 76.0 Å². The van der Waals surface area contributed by atoms with E-state index in [4.69, 9.17) is 0 Å². The molecule has 0 saturated heterocycles. The average Bonchev–Trinajstić information content (AvgIpc) is 2.83. The van der Waals surface area contributed by atoms with E-state index in [9.17, 15) is 9.59 Å². The van der Waals surface area contributed by atoms with Gasteiger partial charge in [0.25, 0.3) is 0 Å². The molecule has 2 rings (SSSR count). The Kier molecular flexibility index (Phi) is 4.49. The molecule has 0 unspecified atom stereocenters. The standard InChI is InChI=1S/C14H16N4O2/c1-18-8-7-12(17-18)16-14(20)10-15-13(19)9-11-5-3-2-4-6-11/h2-8H,9-10H2,1H3,(H,15,19)(H,16,17,20). The van der Waals surface area contributed by atoms with Gasteiger partial charge in [0.1, 0.15) is 0 Å². The lowest BCUT2D eigenvalue weighted by atomic mass is 10.1. The van der Waals surface area contributed by atoms with E-state index in [1.54, 1.807) is 24.0 Å². The molecule has 0 fully saturated rings. The summed E-state index contributed by atoms with van der Waals surface area (Å²) in [5, 5.41) is 9.19. The van der Waals surface area contributed by atoms with Gasteiger partial charge in [0.05, 0.1) is 13.0 Å². The molecule has 0 aliphatic heterocycles. The summed E-state index contributed by atoms with van der Waals surface area (Å²) < 4.78 is 1.59. The van der Waals surface area contributed by atoms with Crippen LogP contribution in [0.15, 0.2) is 42.6 Å². The second-order valence-corrected chi connectivity index (χ2v) is 4.36. The van der Waals surface area contributed by atoms with Gasteiger partial charge in [0, 0.05) is 19.3 Å². The van der Waals surface area contributed by atoms with Crippen molar-refractivity contribution >= 4 is 17.6 Å². The number of hydrogen-bond acceptors (Lipinski definition) is 3. The fraction of sp³-hybridized carbons (Fsp3) is 0.214. The van der Waals surface area contributed by atoms with Crippen LogP contribution in [0.1, 0.15) is 5.56 Å². The molecule has 2 aromatic rings. The second-order valence-electron chi connectivity index (χ2n) is 4.36. The predicted molar refractivity (Wildman–Crippen MR) is 75.0 cm³/mol. The van der Waals surface area contributed by atoms with Crippen LogP contribution in [0.2, 0.25) is 0 Å². The van der Waals surface area contributed by atoms with Crippen LogP contribution in [0.5, 0.6) is 0 Å². The van der Waals surface area contributed by atoms with Gasteiger partial charge in [-0.3, -0.25) is 14.3 Å². The number of aryl methyl sites for hydroxylation is 1. The SMILES string of the molecule is Cn1ccc(NC(=O)CNC(=O)Cc2ccccc2)n1. The molecule has 2 N–H and O–H groups in total. The van der Waals surface area contributed by atoms with Crippen molar-refractivity contribution in [3.63, 3.8) is 0 Å². The zero-order valence-corrected chi connectivity index (χ0v) is 11.2. The third-order valence-corrected chi connectivity index (χ3v) is 2.63. The summed E-state index contributed by atoms with van der Waals surface area (Å²) >= 11 is 0. The number of carbonyl (C=O) groups is 2. The molecule has 104 valence electrons. The first kappa shape index (κ1) is 13.8. The highest BCUT2D eigenvalue weighted by Crippen LogP contribution is 2.00. The third-order valence-electron chi connectivity index (χ3n) is 2.63. The van der Waals surface area contributed by atoms with E-state index in [0.717, 1.165) is 5.56 Å². The number of aromatic nitrogens is 2. The van der Waals surface area contributed by atoms with E-state index in [-0.39, 0.29) is 24.8 Å². The summed E-state index contributed by atoms with van der Waals surface area (Å²) in [6, 6.07) is 11.1. The van der Waals surface area contributed by atoms with Crippen LogP contribution < -0.4 is 10.6 Å². The van der Waals surface area contributed by atoms with Gasteiger partial charge in [0.15, 0.2) is 5.82 Å². The first-order chi connectivity index (χ1) is 9.63. The highest BCUT2D eigenvalue weighted by Gasteiger charge is 2.07. The highest BCUT2D eigenvalue weighted by molar-refractivity contribution is 5.94. The smallest absolute Gasteiger partial charge is 0.244 e. The minimum Gasteiger partial charge on any atom is -0.347 e. The van der Waals surface area contributed by atoms with Crippen LogP contribution in [0.25, 0.3) is 0 Å². The summed E-state index contributed by atoms with van der Waals surface area (Å²) in [5.74, 6) is -0.0210. The molecular formula is C14H16N4O2. The van der Waals surface area contributed by atoms with Crippen molar-refractivity contribution in [2.24, 2.45) is 7.05 Å². The van der Waals surface area contributed by atoms with Crippen LogP contribution in [0.3, 0.4) is 0 Å². The Labute approximate surface area is 116 Å². The molecule has 1 heterocycles. The molecule has 0 aliphatic carbocycles. The van der Waals surface area contributed by atoms with E-state index >= 15 is 0 Å². The molecule has 0 aliphatic rings. The monoisotopic (exact) mass is 272 g/mol. The van der Waals surface area contributed by atoms with Crippen molar-refractivity contribution in [3.05, 3.63) is 48.2 Å². The van der Waals surface area contributed by atoms with Crippen molar-refractivity contribution in [3.8, 4) is 0 Å². The summed E-state index contributed by atoms with van der Waals surface area (Å²) in [6.45, 7) is -0.0672. The summed E-state index contributed by atoms with van der Waals surface area (Å²) in [5.41, 5.74) is 0.912. The normalized spacial score (nSPS) is 10.1. The number of carbonyl (C=O) groups excluding carboxylic acids is 2. The molecule has 0 spiro atoms. The molecule has 2 amide bonds. The molecular weight excluding hydrogens is 256 g/mol. The zero-order chi connectivity index (χ0) is 14.4. The number of amides is 2. The van der Waals surface area contributed by atoms with Crippen LogP contribution in [0.4, 0.5) is 5.82 Å². The Balaban J connectivity index is 1.74. The van der Waals surface area contributed by atoms with Gasteiger partial charge in [-0.2, -0.15) is 5.10 Å². The van der Waals surface area contributed by atoms with Crippen molar-refractivity contribution in [2.45, 2.75) is 6.42 Å². The molecule has 0 atom stereocenters. The number of anilines is 1. The second kappa shape index (κ2) is 6.51. The molecule has 6 heteroatoms. The van der Waals surface area contributed by atoms with Gasteiger partial charge in [-0.25, -0.2) is 0 Å². The number of rotatable bonds is 5. The fourth-order valence-corrected chi connectivity index (χ4v) is 1.69. The largest absolute Gasteiger partial charge is 0.347 e. The highest BCUT2D eigenvalue weighted by atomic mass is 16.2. The Morgan fingerprint density at radius 1 is 1.15 bits per heavy atom. The van der Waals surface area contributed by atoms with Gasteiger partial charge in [-0.05, 0) is 5.56 Å². The predicted octanol–water partition coefficient (Wildman–Crippen LogP) is 0.717. The van der Waals surface area contributed by atoms with Gasteiger partial charge >= 0.3 is 0 Å². The first-order valence-corrected chi connectivity index (χ1v) is 6.23. The molecule has 1 aromatic heterocycles. The molecule has 0 bridgehead atoms. The van der Waals surface area contributed by atoms with Gasteiger partial charge in [0.2, 0.25) is 11.8 Å². The maximum atomic E-state index is 11.7. The number of nitrogens with one attached hydrogen (secondary N) is 2. The zero-order valence-electron chi connectivity index (χ0n) is 11.2. The first-order valence-electron chi connectivity index (χ1n) is 6.23. The van der Waals surface area contributed by atoms with Crippen LogP contribution >= 0.6 is 0 Å². The lowest BCUT2D eigenvalue weighted by molar-refractivity contribution is -0.123. The van der Waals surface area contributed by atoms with Gasteiger partial charge in [-0.1, -0.05) is 30.3 Å². The van der Waals surface area contributed by atoms with Gasteiger partial charge < -0.3 is 10.6 Å². The fourth-order valence-electron chi connectivity index (χ4n) is 1.69. The molecule has 0 saturated carbocycles. The lowest BCUT2D eigenvalue weighted by Gasteiger charge is -2.05. The Hall–Kier alpha value is -2.63. The minimum atomic E-state index is -0.301. The molecule has 20 heavy (non-hydrogen) atoms. The molecule has 1 aromatic carbocycles. The number of benzene rings is 1. The van der Waals surface area contributed by atoms with Crippen molar-refractivity contribution in [1.29, 1.82) is 0 Å². The van der Waals surface area contributed by atoms with E-state index in [0.29, 0.717) is 5.82 Å². The van der Waals surface area contributed by atoms with Crippen molar-refractivity contribution < 1.29 is 9.59 Å². The number of nitrogens with zero attached hydrogens (tertiary/aromatic N) is 2. The van der Waals surface area contributed by atoms with Crippen LogP contribution in [-0.4, -0.2) is 28.1 Å². The summed E-state index contributed by atoms with van der Waals surface area (Å²) in [7, 11) is 1.76. The van der Waals surface area contributed by atoms with Crippen LogP contribution in [-0.2, 0) is 23.1 Å². The summed E-state index contributed by atoms with van der Waals surface area (Å²) in [4.78, 5) is 23.3. The Bertz CT molecular complexity index is 592. The Morgan fingerprint density at radius 2 is 1.90 bits per heavy atom. The quantitative estimate of drug-likeness (QED) is 0.842. The van der Waals surface area contributed by atoms with E-state index in [2.05, 4.69) is 15.7 Å². The van der Waals surface area contributed by atoms with E-state index in [1.165, 1.54) is 0 Å². The maximum absolute atomic E-state index is 11.7. The van der Waals surface area contributed by atoms with Crippen molar-refractivity contribution in [2.75, 3.05) is 11.9 Å². The maximum Gasteiger partial charge on any atom is 0.244 e. The van der Waals surface area contributed by atoms with E-state index in [1.807, 2.05) is 30.3 Å². The third kappa shape index (κ3) is 4.24. The van der Waals surface area contributed by atoms with E-state index < -0.39 is 0 Å².